The van der Waals surface area contributed by atoms with Crippen molar-refractivity contribution in [2.75, 3.05) is 27.1 Å². The van der Waals surface area contributed by atoms with E-state index in [1.54, 1.807) is 14.2 Å². The Balaban J connectivity index is 2.31. The number of thioether (sulfide) groups is 1. The first-order chi connectivity index (χ1) is 9.60. The molecule has 1 fully saturated rings. The molecule has 1 aliphatic rings. The molecule has 2 unspecified atom stereocenters. The van der Waals surface area contributed by atoms with Gasteiger partial charge in [-0.25, -0.2) is 0 Å². The molecule has 6 nitrogen and oxygen atoms in total. The van der Waals surface area contributed by atoms with Crippen LogP contribution in [-0.4, -0.2) is 39.1 Å². The Labute approximate surface area is 121 Å². The molecule has 0 radical (unpaired) electrons. The van der Waals surface area contributed by atoms with E-state index in [1.807, 2.05) is 12.1 Å². The lowest BCUT2D eigenvalue weighted by Gasteiger charge is -2.18. The SMILES string of the molecule is COc1cc(C2NC(C(=O)[O-])CS2)cc(OC)c1OC. The van der Waals surface area contributed by atoms with Gasteiger partial charge in [0.2, 0.25) is 5.75 Å². The van der Waals surface area contributed by atoms with Gasteiger partial charge in [0, 0.05) is 5.75 Å². The molecule has 0 bridgehead atoms. The molecule has 20 heavy (non-hydrogen) atoms. The third-order valence-electron chi connectivity index (χ3n) is 3.06. The number of aliphatic carboxylic acids is 1. The second-order valence-electron chi connectivity index (χ2n) is 4.21. The molecule has 2 rings (SSSR count). The summed E-state index contributed by atoms with van der Waals surface area (Å²) >= 11 is 1.50. The predicted octanol–water partition coefficient (Wildman–Crippen LogP) is 0.166. The summed E-state index contributed by atoms with van der Waals surface area (Å²) in [6, 6.07) is 2.97. The van der Waals surface area contributed by atoms with Crippen molar-refractivity contribution in [3.05, 3.63) is 17.7 Å². The van der Waals surface area contributed by atoms with Crippen molar-refractivity contribution in [1.82, 2.24) is 5.32 Å². The summed E-state index contributed by atoms with van der Waals surface area (Å²) in [7, 11) is 4.62. The number of ether oxygens (including phenoxy) is 3. The van der Waals surface area contributed by atoms with Gasteiger partial charge < -0.3 is 24.1 Å². The molecule has 0 aromatic heterocycles. The highest BCUT2D eigenvalue weighted by Crippen LogP contribution is 2.43. The molecular formula is C13H16NO5S-. The van der Waals surface area contributed by atoms with E-state index in [0.717, 1.165) is 5.56 Å². The van der Waals surface area contributed by atoms with Crippen LogP contribution in [0.25, 0.3) is 0 Å². The summed E-state index contributed by atoms with van der Waals surface area (Å²) in [4.78, 5) is 10.9. The van der Waals surface area contributed by atoms with E-state index in [-0.39, 0.29) is 5.37 Å². The third kappa shape index (κ3) is 2.78. The number of carbonyl (C=O) groups is 1. The van der Waals surface area contributed by atoms with Gasteiger partial charge in [-0.15, -0.1) is 11.8 Å². The Morgan fingerprint density at radius 2 is 1.85 bits per heavy atom. The minimum atomic E-state index is -1.09. The van der Waals surface area contributed by atoms with Gasteiger partial charge >= 0.3 is 0 Å². The summed E-state index contributed by atoms with van der Waals surface area (Å²) in [6.45, 7) is 0. The predicted molar refractivity (Wildman–Crippen MR) is 73.2 cm³/mol. The normalized spacial score (nSPS) is 21.6. The number of nitrogens with one attached hydrogen (secondary N) is 1. The van der Waals surface area contributed by atoms with Gasteiger partial charge in [-0.2, -0.15) is 0 Å². The lowest BCUT2D eigenvalue weighted by Crippen LogP contribution is -2.43. The lowest BCUT2D eigenvalue weighted by molar-refractivity contribution is -0.307. The van der Waals surface area contributed by atoms with E-state index in [0.29, 0.717) is 23.0 Å². The molecule has 0 amide bonds. The van der Waals surface area contributed by atoms with Crippen molar-refractivity contribution in [3.63, 3.8) is 0 Å². The Morgan fingerprint density at radius 3 is 2.25 bits per heavy atom. The third-order valence-corrected chi connectivity index (χ3v) is 4.32. The highest BCUT2D eigenvalue weighted by Gasteiger charge is 2.28. The molecule has 1 aliphatic heterocycles. The number of hydrogen-bond donors (Lipinski definition) is 1. The smallest absolute Gasteiger partial charge is 0.203 e. The fourth-order valence-corrected chi connectivity index (χ4v) is 3.26. The van der Waals surface area contributed by atoms with Gasteiger partial charge in [0.05, 0.1) is 38.7 Å². The average Bonchev–Trinajstić information content (AvgIpc) is 2.95. The summed E-state index contributed by atoms with van der Waals surface area (Å²) < 4.78 is 15.8. The molecule has 2 atom stereocenters. The second kappa shape index (κ2) is 6.23. The standard InChI is InChI=1S/C13H17NO5S/c1-17-9-4-7(5-10(18-2)11(9)19-3)12-14-8(6-20-12)13(15)16/h4-5,8,12,14H,6H2,1-3H3,(H,15,16)/p-1. The number of hydrogen-bond acceptors (Lipinski definition) is 7. The van der Waals surface area contributed by atoms with E-state index in [1.165, 1.54) is 18.9 Å². The number of carboxylic acids is 1. The van der Waals surface area contributed by atoms with Gasteiger partial charge in [-0.1, -0.05) is 0 Å². The second-order valence-corrected chi connectivity index (χ2v) is 5.35. The first kappa shape index (κ1) is 14.8. The van der Waals surface area contributed by atoms with Gasteiger partial charge in [-0.05, 0) is 17.7 Å². The maximum Gasteiger partial charge on any atom is 0.203 e. The number of methoxy groups -OCH3 is 3. The van der Waals surface area contributed by atoms with Crippen LogP contribution in [-0.2, 0) is 4.79 Å². The summed E-state index contributed by atoms with van der Waals surface area (Å²) in [5.41, 5.74) is 0.869. The van der Waals surface area contributed by atoms with Crippen LogP contribution in [0.4, 0.5) is 0 Å². The molecule has 110 valence electrons. The lowest BCUT2D eigenvalue weighted by atomic mass is 10.1. The quantitative estimate of drug-likeness (QED) is 0.829. The fourth-order valence-electron chi connectivity index (χ4n) is 2.05. The van der Waals surface area contributed by atoms with Crippen LogP contribution in [0.5, 0.6) is 17.2 Å². The van der Waals surface area contributed by atoms with Crippen LogP contribution in [0.1, 0.15) is 10.9 Å². The highest BCUT2D eigenvalue weighted by atomic mass is 32.2. The van der Waals surface area contributed by atoms with Gasteiger partial charge in [0.1, 0.15) is 0 Å². The molecule has 0 aliphatic carbocycles. The molecule has 1 saturated heterocycles. The molecule has 1 aromatic carbocycles. The number of carbonyl (C=O) groups excluding carboxylic acids is 1. The van der Waals surface area contributed by atoms with Crippen molar-refractivity contribution in [1.29, 1.82) is 0 Å². The fraction of sp³-hybridized carbons (Fsp3) is 0.462. The molecular weight excluding hydrogens is 282 g/mol. The average molecular weight is 298 g/mol. The Kier molecular flexibility index (Phi) is 4.61. The molecule has 0 spiro atoms. The van der Waals surface area contributed by atoms with Crippen LogP contribution in [0.3, 0.4) is 0 Å². The number of carboxylic acid groups (broad SMARTS) is 1. The zero-order valence-corrected chi connectivity index (χ0v) is 12.3. The zero-order chi connectivity index (χ0) is 14.7. The first-order valence-corrected chi connectivity index (χ1v) is 7.04. The minimum Gasteiger partial charge on any atom is -0.548 e. The summed E-state index contributed by atoms with van der Waals surface area (Å²) in [5.74, 6) is 0.969. The van der Waals surface area contributed by atoms with Crippen LogP contribution >= 0.6 is 11.8 Å². The minimum absolute atomic E-state index is 0.147. The monoisotopic (exact) mass is 298 g/mol. The topological polar surface area (TPSA) is 79.9 Å². The van der Waals surface area contributed by atoms with Crippen LogP contribution in [0, 0.1) is 0 Å². The summed E-state index contributed by atoms with van der Waals surface area (Å²) in [5, 5.41) is 13.7. The van der Waals surface area contributed by atoms with Crippen LogP contribution < -0.4 is 24.6 Å². The van der Waals surface area contributed by atoms with E-state index in [2.05, 4.69) is 5.32 Å². The van der Waals surface area contributed by atoms with E-state index in [4.69, 9.17) is 14.2 Å². The highest BCUT2D eigenvalue weighted by molar-refractivity contribution is 7.99. The Morgan fingerprint density at radius 1 is 1.25 bits per heavy atom. The van der Waals surface area contributed by atoms with Crippen molar-refractivity contribution in [3.8, 4) is 17.2 Å². The molecule has 7 heteroatoms. The summed E-state index contributed by atoms with van der Waals surface area (Å²) in [6.07, 6.45) is 0. The van der Waals surface area contributed by atoms with Gasteiger partial charge in [0.15, 0.2) is 11.5 Å². The van der Waals surface area contributed by atoms with E-state index < -0.39 is 12.0 Å². The van der Waals surface area contributed by atoms with E-state index >= 15 is 0 Å². The largest absolute Gasteiger partial charge is 0.548 e. The van der Waals surface area contributed by atoms with Crippen LogP contribution in [0.2, 0.25) is 0 Å². The molecule has 1 heterocycles. The maximum atomic E-state index is 10.9. The van der Waals surface area contributed by atoms with E-state index in [9.17, 15) is 9.90 Å². The molecule has 1 N–H and O–H groups in total. The van der Waals surface area contributed by atoms with Crippen LogP contribution in [0.15, 0.2) is 12.1 Å². The van der Waals surface area contributed by atoms with Crippen molar-refractivity contribution >= 4 is 17.7 Å². The van der Waals surface area contributed by atoms with Crippen molar-refractivity contribution in [2.45, 2.75) is 11.4 Å². The molecule has 1 aromatic rings. The Bertz CT molecular complexity index is 483. The van der Waals surface area contributed by atoms with Crippen molar-refractivity contribution < 1.29 is 24.1 Å². The van der Waals surface area contributed by atoms with Crippen molar-refractivity contribution in [2.24, 2.45) is 0 Å². The number of rotatable bonds is 5. The Hall–Kier alpha value is -1.60. The molecule has 0 saturated carbocycles. The first-order valence-electron chi connectivity index (χ1n) is 5.99. The van der Waals surface area contributed by atoms with Gasteiger partial charge in [-0.3, -0.25) is 5.32 Å². The zero-order valence-electron chi connectivity index (χ0n) is 11.5. The number of benzene rings is 1. The maximum absolute atomic E-state index is 10.9. The van der Waals surface area contributed by atoms with Gasteiger partial charge in [0.25, 0.3) is 0 Å².